The number of benzene rings is 1. The number of rotatable bonds is 5. The van der Waals surface area contributed by atoms with Crippen molar-refractivity contribution in [2.75, 3.05) is 4.90 Å². The number of ether oxygens (including phenoxy) is 4. The molecule has 0 saturated carbocycles. The van der Waals surface area contributed by atoms with E-state index in [4.69, 9.17) is 18.9 Å². The predicted molar refractivity (Wildman–Crippen MR) is 101 cm³/mol. The van der Waals surface area contributed by atoms with E-state index in [1.807, 2.05) is 0 Å². The second kappa shape index (κ2) is 7.31. The maximum Gasteiger partial charge on any atom is 0.308 e. The van der Waals surface area contributed by atoms with Crippen molar-refractivity contribution in [2.24, 2.45) is 11.8 Å². The summed E-state index contributed by atoms with van der Waals surface area (Å²) >= 11 is 0. The molecule has 0 aromatic heterocycles. The maximum absolute atomic E-state index is 13.4. The number of fused-ring (bicyclic) bond motifs is 5. The number of hydrogen-bond acceptors (Lipinski definition) is 9. The van der Waals surface area contributed by atoms with E-state index in [9.17, 15) is 24.0 Å². The molecule has 0 N–H and O–H groups in total. The van der Waals surface area contributed by atoms with E-state index in [2.05, 4.69) is 0 Å². The van der Waals surface area contributed by atoms with Crippen molar-refractivity contribution in [3.05, 3.63) is 36.4 Å². The SMILES string of the molecule is CC(=O)Oc1ccc(N2C(=O)[C@H]3[C@@H]4C=C[C@@](C(OC(C)=O)OC(C)=O)(O4)[C@@H]3C2=O)cc1. The van der Waals surface area contributed by atoms with Gasteiger partial charge in [0.05, 0.1) is 23.6 Å². The minimum absolute atomic E-state index is 0.266. The van der Waals surface area contributed by atoms with Gasteiger partial charge in [-0.05, 0) is 30.3 Å². The number of esters is 3. The van der Waals surface area contributed by atoms with Crippen LogP contribution in [0.3, 0.4) is 0 Å². The van der Waals surface area contributed by atoms with Gasteiger partial charge in [0, 0.05) is 20.8 Å². The lowest BCUT2D eigenvalue weighted by molar-refractivity contribution is -0.226. The van der Waals surface area contributed by atoms with Crippen LogP contribution in [-0.4, -0.2) is 47.7 Å². The van der Waals surface area contributed by atoms with Crippen molar-refractivity contribution < 1.29 is 42.9 Å². The Balaban J connectivity index is 1.68. The minimum Gasteiger partial charge on any atom is -0.427 e. The zero-order chi connectivity index (χ0) is 22.5. The number of imide groups is 1. The van der Waals surface area contributed by atoms with Gasteiger partial charge in [-0.2, -0.15) is 0 Å². The molecule has 2 bridgehead atoms. The van der Waals surface area contributed by atoms with Gasteiger partial charge in [0.15, 0.2) is 5.60 Å². The van der Waals surface area contributed by atoms with E-state index in [1.54, 1.807) is 6.08 Å². The Morgan fingerprint density at radius 3 is 2.13 bits per heavy atom. The first-order valence-corrected chi connectivity index (χ1v) is 9.52. The Hall–Kier alpha value is -3.53. The highest BCUT2D eigenvalue weighted by Crippen LogP contribution is 2.54. The quantitative estimate of drug-likeness (QED) is 0.220. The highest BCUT2D eigenvalue weighted by Gasteiger charge is 2.72. The number of amides is 2. The van der Waals surface area contributed by atoms with E-state index in [1.165, 1.54) is 37.3 Å². The Morgan fingerprint density at radius 1 is 0.968 bits per heavy atom. The first-order chi connectivity index (χ1) is 14.6. The lowest BCUT2D eigenvalue weighted by atomic mass is 9.76. The number of carbonyl (C=O) groups is 5. The van der Waals surface area contributed by atoms with Crippen molar-refractivity contribution in [2.45, 2.75) is 38.8 Å². The fraction of sp³-hybridized carbons (Fsp3) is 0.381. The molecule has 4 rings (SSSR count). The predicted octanol–water partition coefficient (Wildman–Crippen LogP) is 0.877. The second-order valence-corrected chi connectivity index (χ2v) is 7.45. The Kier molecular flexibility index (Phi) is 4.89. The second-order valence-electron chi connectivity index (χ2n) is 7.45. The number of anilines is 1. The van der Waals surface area contributed by atoms with Gasteiger partial charge in [-0.25, -0.2) is 4.90 Å². The monoisotopic (exact) mass is 429 g/mol. The molecule has 0 aliphatic carbocycles. The van der Waals surface area contributed by atoms with Crippen molar-refractivity contribution in [3.63, 3.8) is 0 Å². The van der Waals surface area contributed by atoms with Crippen LogP contribution in [-0.2, 0) is 38.2 Å². The summed E-state index contributed by atoms with van der Waals surface area (Å²) in [5, 5.41) is 0. The molecule has 10 nitrogen and oxygen atoms in total. The maximum atomic E-state index is 13.4. The smallest absolute Gasteiger partial charge is 0.308 e. The lowest BCUT2D eigenvalue weighted by Crippen LogP contribution is -2.52. The van der Waals surface area contributed by atoms with Crippen LogP contribution in [0, 0.1) is 11.8 Å². The van der Waals surface area contributed by atoms with Crippen LogP contribution in [0.1, 0.15) is 20.8 Å². The third kappa shape index (κ3) is 3.28. The van der Waals surface area contributed by atoms with Gasteiger partial charge < -0.3 is 18.9 Å². The molecular formula is C21H19NO9. The average molecular weight is 429 g/mol. The van der Waals surface area contributed by atoms with E-state index in [-0.39, 0.29) is 11.4 Å². The van der Waals surface area contributed by atoms with E-state index >= 15 is 0 Å². The molecule has 162 valence electrons. The Morgan fingerprint density at radius 2 is 1.58 bits per heavy atom. The highest BCUT2D eigenvalue weighted by molar-refractivity contribution is 6.23. The molecule has 1 aromatic rings. The van der Waals surface area contributed by atoms with Gasteiger partial charge in [0.1, 0.15) is 5.75 Å². The lowest BCUT2D eigenvalue weighted by Gasteiger charge is -2.34. The standard InChI is InChI=1S/C21H19NO9/c1-10(23)28-14-6-4-13(5-7-14)22-18(26)16-15-8-9-21(31-15,17(16)19(22)27)20(29-11(2)24)30-12(3)25/h4-9,15-17,20H,1-3H3/t15-,16-,17-,21+/m0/s1. The fourth-order valence-electron chi connectivity index (χ4n) is 4.30. The van der Waals surface area contributed by atoms with Gasteiger partial charge in [0.25, 0.3) is 6.29 Å². The molecule has 3 aliphatic heterocycles. The number of hydrogen-bond donors (Lipinski definition) is 0. The highest BCUT2D eigenvalue weighted by atomic mass is 16.7. The summed E-state index contributed by atoms with van der Waals surface area (Å²) in [7, 11) is 0. The van der Waals surface area contributed by atoms with Gasteiger partial charge in [0.2, 0.25) is 11.8 Å². The zero-order valence-corrected chi connectivity index (χ0v) is 16.9. The van der Waals surface area contributed by atoms with Gasteiger partial charge in [-0.1, -0.05) is 6.08 Å². The zero-order valence-electron chi connectivity index (χ0n) is 16.9. The van der Waals surface area contributed by atoms with Crippen molar-refractivity contribution in [3.8, 4) is 5.75 Å². The molecule has 0 radical (unpaired) electrons. The van der Waals surface area contributed by atoms with Crippen LogP contribution < -0.4 is 9.64 Å². The Bertz CT molecular complexity index is 998. The van der Waals surface area contributed by atoms with Gasteiger partial charge in [-0.3, -0.25) is 24.0 Å². The topological polar surface area (TPSA) is 126 Å². The first-order valence-electron chi connectivity index (χ1n) is 9.52. The van der Waals surface area contributed by atoms with Crippen LogP contribution in [0.25, 0.3) is 0 Å². The molecule has 31 heavy (non-hydrogen) atoms. The summed E-state index contributed by atoms with van der Waals surface area (Å²) in [6.07, 6.45) is 0.843. The van der Waals surface area contributed by atoms with Crippen LogP contribution in [0.2, 0.25) is 0 Å². The molecule has 0 unspecified atom stereocenters. The molecule has 4 atom stereocenters. The molecule has 3 aliphatic rings. The van der Waals surface area contributed by atoms with E-state index < -0.39 is 59.6 Å². The molecule has 2 fully saturated rings. The Labute approximate surface area is 176 Å². The van der Waals surface area contributed by atoms with Gasteiger partial charge >= 0.3 is 17.9 Å². The summed E-state index contributed by atoms with van der Waals surface area (Å²) in [6.45, 7) is 3.52. The summed E-state index contributed by atoms with van der Waals surface area (Å²) in [4.78, 5) is 61.8. The molecule has 0 spiro atoms. The summed E-state index contributed by atoms with van der Waals surface area (Å²) in [6, 6.07) is 5.89. The first kappa shape index (κ1) is 20.7. The van der Waals surface area contributed by atoms with Crippen LogP contribution in [0.5, 0.6) is 5.75 Å². The third-order valence-corrected chi connectivity index (χ3v) is 5.35. The van der Waals surface area contributed by atoms with Gasteiger partial charge in [-0.15, -0.1) is 0 Å². The largest absolute Gasteiger partial charge is 0.427 e. The molecule has 1 aromatic carbocycles. The number of nitrogens with zero attached hydrogens (tertiary/aromatic N) is 1. The molecule has 3 heterocycles. The fourth-order valence-corrected chi connectivity index (χ4v) is 4.30. The van der Waals surface area contributed by atoms with E-state index in [0.717, 1.165) is 18.7 Å². The minimum atomic E-state index is -1.61. The van der Waals surface area contributed by atoms with Crippen molar-refractivity contribution >= 4 is 35.4 Å². The van der Waals surface area contributed by atoms with Crippen LogP contribution in [0.4, 0.5) is 5.69 Å². The molecular weight excluding hydrogens is 410 g/mol. The van der Waals surface area contributed by atoms with Crippen molar-refractivity contribution in [1.82, 2.24) is 0 Å². The number of carbonyl (C=O) groups excluding carboxylic acids is 5. The van der Waals surface area contributed by atoms with Crippen molar-refractivity contribution in [1.29, 1.82) is 0 Å². The average Bonchev–Trinajstić information content (AvgIpc) is 3.32. The molecule has 2 amide bonds. The summed E-state index contributed by atoms with van der Waals surface area (Å²) in [5.41, 5.74) is -1.32. The third-order valence-electron chi connectivity index (χ3n) is 5.35. The molecule has 10 heteroatoms. The van der Waals surface area contributed by atoms with Crippen LogP contribution in [0.15, 0.2) is 36.4 Å². The van der Waals surface area contributed by atoms with E-state index in [0.29, 0.717) is 0 Å². The normalized spacial score (nSPS) is 28.1. The van der Waals surface area contributed by atoms with Crippen LogP contribution >= 0.6 is 0 Å². The summed E-state index contributed by atoms with van der Waals surface area (Å²) in [5.74, 6) is -4.69. The summed E-state index contributed by atoms with van der Waals surface area (Å²) < 4.78 is 21.2. The molecule has 2 saturated heterocycles.